The second kappa shape index (κ2) is 7.84. The van der Waals surface area contributed by atoms with Gasteiger partial charge in [-0.3, -0.25) is 4.79 Å². The Kier molecular flexibility index (Phi) is 5.79. The van der Waals surface area contributed by atoms with Gasteiger partial charge in [-0.2, -0.15) is 0 Å². The normalized spacial score (nSPS) is 10.8. The van der Waals surface area contributed by atoms with Gasteiger partial charge in [-0.1, -0.05) is 69.4 Å². The number of carbonyl (C=O) groups is 1. The molecule has 0 aliphatic heterocycles. The predicted molar refractivity (Wildman–Crippen MR) is 86.4 cm³/mol. The fourth-order valence-electron chi connectivity index (χ4n) is 2.74. The zero-order chi connectivity index (χ0) is 14.2. The number of unbranched alkanes of at least 4 members (excludes halogenated alkanes) is 5. The van der Waals surface area contributed by atoms with E-state index in [1.165, 1.54) is 54.9 Å². The molecule has 0 radical (unpaired) electrons. The van der Waals surface area contributed by atoms with Crippen molar-refractivity contribution >= 4 is 17.1 Å². The van der Waals surface area contributed by atoms with Crippen molar-refractivity contribution in [1.29, 1.82) is 0 Å². The Bertz CT molecular complexity index is 557. The summed E-state index contributed by atoms with van der Waals surface area (Å²) >= 11 is 0. The van der Waals surface area contributed by atoms with E-state index in [1.807, 2.05) is 18.2 Å². The van der Waals surface area contributed by atoms with Gasteiger partial charge in [0.2, 0.25) is 0 Å². The maximum atomic E-state index is 10.9. The molecule has 2 aromatic rings. The molecule has 1 heteroatoms. The summed E-state index contributed by atoms with van der Waals surface area (Å²) in [6.07, 6.45) is 9.97. The highest BCUT2D eigenvalue weighted by Crippen LogP contribution is 2.22. The maximum absolute atomic E-state index is 10.9. The van der Waals surface area contributed by atoms with Crippen molar-refractivity contribution in [3.63, 3.8) is 0 Å². The topological polar surface area (TPSA) is 17.1 Å². The van der Waals surface area contributed by atoms with Crippen LogP contribution in [0.2, 0.25) is 0 Å². The van der Waals surface area contributed by atoms with Gasteiger partial charge in [-0.15, -0.1) is 0 Å². The number of hydrogen-bond acceptors (Lipinski definition) is 1. The van der Waals surface area contributed by atoms with Crippen molar-refractivity contribution in [1.82, 2.24) is 0 Å². The van der Waals surface area contributed by atoms with E-state index in [0.29, 0.717) is 0 Å². The SMILES string of the molecule is CCCCCCCCc1cccc2ccc(C=O)cc12. The van der Waals surface area contributed by atoms with E-state index in [2.05, 4.69) is 25.1 Å². The Morgan fingerprint density at radius 2 is 1.75 bits per heavy atom. The molecule has 0 aliphatic rings. The highest BCUT2D eigenvalue weighted by molar-refractivity contribution is 5.91. The number of benzene rings is 2. The third-order valence-corrected chi connectivity index (χ3v) is 3.93. The summed E-state index contributed by atoms with van der Waals surface area (Å²) in [5.74, 6) is 0. The molecule has 0 spiro atoms. The minimum absolute atomic E-state index is 0.771. The average Bonchev–Trinajstić information content (AvgIpc) is 2.50. The van der Waals surface area contributed by atoms with E-state index in [0.717, 1.165) is 18.3 Å². The second-order valence-corrected chi connectivity index (χ2v) is 5.53. The molecule has 0 fully saturated rings. The summed E-state index contributed by atoms with van der Waals surface area (Å²) in [4.78, 5) is 10.9. The van der Waals surface area contributed by atoms with E-state index >= 15 is 0 Å². The zero-order valence-electron chi connectivity index (χ0n) is 12.4. The summed E-state index contributed by atoms with van der Waals surface area (Å²) in [5.41, 5.74) is 2.15. The van der Waals surface area contributed by atoms with E-state index in [9.17, 15) is 4.79 Å². The molecular weight excluding hydrogens is 244 g/mol. The molecule has 0 unspecified atom stereocenters. The summed E-state index contributed by atoms with van der Waals surface area (Å²) in [6, 6.07) is 12.4. The summed E-state index contributed by atoms with van der Waals surface area (Å²) in [6.45, 7) is 2.25. The van der Waals surface area contributed by atoms with Crippen LogP contribution in [0.3, 0.4) is 0 Å². The highest BCUT2D eigenvalue weighted by atomic mass is 16.1. The quantitative estimate of drug-likeness (QED) is 0.453. The first kappa shape index (κ1) is 14.8. The molecule has 2 rings (SSSR count). The van der Waals surface area contributed by atoms with E-state index in [4.69, 9.17) is 0 Å². The molecule has 0 bridgehead atoms. The molecule has 2 aromatic carbocycles. The van der Waals surface area contributed by atoms with Crippen molar-refractivity contribution in [2.45, 2.75) is 51.9 Å². The molecule has 0 saturated heterocycles. The van der Waals surface area contributed by atoms with Gasteiger partial charge >= 0.3 is 0 Å². The minimum Gasteiger partial charge on any atom is -0.298 e. The fraction of sp³-hybridized carbons (Fsp3) is 0.421. The van der Waals surface area contributed by atoms with Crippen LogP contribution in [0.5, 0.6) is 0 Å². The Labute approximate surface area is 122 Å². The molecule has 0 N–H and O–H groups in total. The Balaban J connectivity index is 2.00. The number of fused-ring (bicyclic) bond motifs is 1. The molecule has 0 heterocycles. The summed E-state index contributed by atoms with van der Waals surface area (Å²) < 4.78 is 0. The lowest BCUT2D eigenvalue weighted by Crippen LogP contribution is -1.90. The third kappa shape index (κ3) is 3.93. The van der Waals surface area contributed by atoms with Crippen LogP contribution in [0, 0.1) is 0 Å². The lowest BCUT2D eigenvalue weighted by Gasteiger charge is -2.07. The molecular formula is C19H24O. The monoisotopic (exact) mass is 268 g/mol. The standard InChI is InChI=1S/C19H24O/c1-2-3-4-5-6-7-9-17-10-8-11-18-13-12-16(15-20)14-19(17)18/h8,10-15H,2-7,9H2,1H3. The van der Waals surface area contributed by atoms with Gasteiger partial charge in [0.1, 0.15) is 6.29 Å². The van der Waals surface area contributed by atoms with Crippen molar-refractivity contribution in [3.8, 4) is 0 Å². The van der Waals surface area contributed by atoms with Crippen LogP contribution in [0.1, 0.15) is 61.4 Å². The van der Waals surface area contributed by atoms with Crippen molar-refractivity contribution < 1.29 is 4.79 Å². The molecule has 0 amide bonds. The van der Waals surface area contributed by atoms with Crippen LogP contribution in [0.4, 0.5) is 0 Å². The van der Waals surface area contributed by atoms with E-state index in [1.54, 1.807) is 0 Å². The smallest absolute Gasteiger partial charge is 0.150 e. The lowest BCUT2D eigenvalue weighted by atomic mass is 9.98. The Hall–Kier alpha value is -1.63. The van der Waals surface area contributed by atoms with Gasteiger partial charge in [-0.25, -0.2) is 0 Å². The van der Waals surface area contributed by atoms with Gasteiger partial charge in [0.15, 0.2) is 0 Å². The van der Waals surface area contributed by atoms with Gasteiger partial charge in [0.05, 0.1) is 0 Å². The van der Waals surface area contributed by atoms with Crippen molar-refractivity contribution in [2.75, 3.05) is 0 Å². The zero-order valence-corrected chi connectivity index (χ0v) is 12.4. The number of hydrogen-bond donors (Lipinski definition) is 0. The molecule has 106 valence electrons. The number of aldehydes is 1. The Morgan fingerprint density at radius 3 is 2.55 bits per heavy atom. The first-order valence-electron chi connectivity index (χ1n) is 7.82. The lowest BCUT2D eigenvalue weighted by molar-refractivity contribution is 0.112. The van der Waals surface area contributed by atoms with Crippen molar-refractivity contribution in [3.05, 3.63) is 47.5 Å². The summed E-state index contributed by atoms with van der Waals surface area (Å²) in [7, 11) is 0. The first-order valence-corrected chi connectivity index (χ1v) is 7.82. The van der Waals surface area contributed by atoms with Gasteiger partial charge < -0.3 is 0 Å². The minimum atomic E-state index is 0.771. The van der Waals surface area contributed by atoms with Gasteiger partial charge in [0.25, 0.3) is 0 Å². The largest absolute Gasteiger partial charge is 0.298 e. The molecule has 0 aliphatic carbocycles. The second-order valence-electron chi connectivity index (χ2n) is 5.53. The highest BCUT2D eigenvalue weighted by Gasteiger charge is 2.02. The van der Waals surface area contributed by atoms with Crippen LogP contribution < -0.4 is 0 Å². The summed E-state index contributed by atoms with van der Waals surface area (Å²) in [5, 5.41) is 2.48. The molecule has 20 heavy (non-hydrogen) atoms. The molecule has 0 atom stereocenters. The van der Waals surface area contributed by atoms with Gasteiger partial charge in [0, 0.05) is 5.56 Å². The predicted octanol–water partition coefficient (Wildman–Crippen LogP) is 5.56. The molecule has 1 nitrogen and oxygen atoms in total. The third-order valence-electron chi connectivity index (χ3n) is 3.93. The average molecular weight is 268 g/mol. The first-order chi connectivity index (χ1) is 9.85. The van der Waals surface area contributed by atoms with Crippen molar-refractivity contribution in [2.24, 2.45) is 0 Å². The fourth-order valence-corrected chi connectivity index (χ4v) is 2.74. The maximum Gasteiger partial charge on any atom is 0.150 e. The number of carbonyl (C=O) groups excluding carboxylic acids is 1. The van der Waals surface area contributed by atoms with Crippen LogP contribution in [0.25, 0.3) is 10.8 Å². The number of rotatable bonds is 8. The van der Waals surface area contributed by atoms with E-state index < -0.39 is 0 Å². The number of aryl methyl sites for hydroxylation is 1. The Morgan fingerprint density at radius 1 is 0.950 bits per heavy atom. The van der Waals surface area contributed by atoms with Crippen LogP contribution in [-0.4, -0.2) is 6.29 Å². The molecule has 0 saturated carbocycles. The van der Waals surface area contributed by atoms with Crippen LogP contribution >= 0.6 is 0 Å². The van der Waals surface area contributed by atoms with Crippen LogP contribution in [0.15, 0.2) is 36.4 Å². The van der Waals surface area contributed by atoms with Crippen LogP contribution in [-0.2, 0) is 6.42 Å². The van der Waals surface area contributed by atoms with E-state index in [-0.39, 0.29) is 0 Å². The van der Waals surface area contributed by atoms with Gasteiger partial charge in [-0.05, 0) is 35.2 Å². The molecule has 0 aromatic heterocycles.